The maximum absolute atomic E-state index is 6.42. The molecule has 0 bridgehead atoms. The normalized spacial score (nSPS) is 11.7. The van der Waals surface area contributed by atoms with Crippen molar-refractivity contribution in [3.63, 3.8) is 0 Å². The summed E-state index contributed by atoms with van der Waals surface area (Å²) in [5.41, 5.74) is 12.2. The van der Waals surface area contributed by atoms with E-state index in [1.807, 2.05) is 12.1 Å². The van der Waals surface area contributed by atoms with Crippen LogP contribution in [0.5, 0.6) is 0 Å². The molecule has 0 fully saturated rings. The van der Waals surface area contributed by atoms with E-state index in [1.165, 1.54) is 33.4 Å². The molecule has 0 aliphatic carbocycles. The van der Waals surface area contributed by atoms with Gasteiger partial charge in [0.25, 0.3) is 0 Å². The summed E-state index contributed by atoms with van der Waals surface area (Å²) in [6, 6.07) is 49.5. The average molecular weight is 544 g/mol. The molecule has 42 heavy (non-hydrogen) atoms. The average Bonchev–Trinajstić information content (AvgIpc) is 3.39. The van der Waals surface area contributed by atoms with Crippen LogP contribution in [0.3, 0.4) is 0 Å². The van der Waals surface area contributed by atoms with Crippen LogP contribution in [-0.2, 0) is 5.41 Å². The van der Waals surface area contributed by atoms with Crippen molar-refractivity contribution in [2.24, 2.45) is 0 Å². The van der Waals surface area contributed by atoms with Gasteiger partial charge in [0, 0.05) is 28.2 Å². The summed E-state index contributed by atoms with van der Waals surface area (Å²) in [6.07, 6.45) is 0. The van der Waals surface area contributed by atoms with Gasteiger partial charge in [-0.25, -0.2) is 0 Å². The predicted octanol–water partition coefficient (Wildman–Crippen LogP) is 11.6. The highest BCUT2D eigenvalue weighted by Crippen LogP contribution is 2.41. The molecule has 6 aromatic carbocycles. The molecular formula is C40H33NO. The molecule has 2 nitrogen and oxygen atoms in total. The minimum Gasteiger partial charge on any atom is -0.456 e. The molecule has 2 heteroatoms. The Bertz CT molecular complexity index is 1950. The van der Waals surface area contributed by atoms with Crippen molar-refractivity contribution in [3.8, 4) is 33.4 Å². The molecule has 7 aromatic rings. The highest BCUT2D eigenvalue weighted by molar-refractivity contribution is 6.13. The number of hydrogen-bond donors (Lipinski definition) is 1. The van der Waals surface area contributed by atoms with E-state index in [2.05, 4.69) is 153 Å². The Balaban J connectivity index is 1.38. The van der Waals surface area contributed by atoms with Crippen LogP contribution in [0, 0.1) is 0 Å². The second-order valence-electron chi connectivity index (χ2n) is 12.0. The Labute approximate surface area is 247 Å². The first-order valence-electron chi connectivity index (χ1n) is 14.5. The number of fused-ring (bicyclic) bond motifs is 3. The van der Waals surface area contributed by atoms with Gasteiger partial charge in [-0.05, 0) is 74.7 Å². The van der Waals surface area contributed by atoms with Gasteiger partial charge in [-0.2, -0.15) is 0 Å². The fourth-order valence-electron chi connectivity index (χ4n) is 5.77. The quantitative estimate of drug-likeness (QED) is 0.234. The predicted molar refractivity (Wildman–Crippen MR) is 178 cm³/mol. The van der Waals surface area contributed by atoms with Gasteiger partial charge >= 0.3 is 0 Å². The zero-order chi connectivity index (χ0) is 28.7. The van der Waals surface area contributed by atoms with Gasteiger partial charge in [0.15, 0.2) is 0 Å². The number of para-hydroxylation sites is 1. The Morgan fingerprint density at radius 1 is 0.476 bits per heavy atom. The van der Waals surface area contributed by atoms with Crippen LogP contribution in [0.25, 0.3) is 55.3 Å². The zero-order valence-corrected chi connectivity index (χ0v) is 24.2. The first-order chi connectivity index (χ1) is 20.4. The number of rotatable bonds is 5. The summed E-state index contributed by atoms with van der Waals surface area (Å²) in [7, 11) is 0. The van der Waals surface area contributed by atoms with Crippen LogP contribution in [0.2, 0.25) is 0 Å². The Hall–Kier alpha value is -5.08. The van der Waals surface area contributed by atoms with E-state index in [0.29, 0.717) is 0 Å². The van der Waals surface area contributed by atoms with Gasteiger partial charge in [-0.15, -0.1) is 0 Å². The van der Waals surface area contributed by atoms with Gasteiger partial charge in [-0.1, -0.05) is 124 Å². The van der Waals surface area contributed by atoms with E-state index in [0.717, 1.165) is 38.9 Å². The highest BCUT2D eigenvalue weighted by atomic mass is 16.3. The lowest BCUT2D eigenvalue weighted by molar-refractivity contribution is 0.590. The molecule has 0 aliphatic heterocycles. The van der Waals surface area contributed by atoms with Gasteiger partial charge in [0.05, 0.1) is 0 Å². The Morgan fingerprint density at radius 2 is 1.05 bits per heavy atom. The molecular weight excluding hydrogens is 510 g/mol. The van der Waals surface area contributed by atoms with E-state index in [4.69, 9.17) is 4.42 Å². The van der Waals surface area contributed by atoms with Crippen molar-refractivity contribution in [3.05, 3.63) is 145 Å². The minimum atomic E-state index is 0.0970. The van der Waals surface area contributed by atoms with Gasteiger partial charge < -0.3 is 9.73 Å². The lowest BCUT2D eigenvalue weighted by Crippen LogP contribution is -2.10. The topological polar surface area (TPSA) is 25.2 Å². The lowest BCUT2D eigenvalue weighted by Gasteiger charge is -2.19. The summed E-state index contributed by atoms with van der Waals surface area (Å²) in [4.78, 5) is 0. The summed E-state index contributed by atoms with van der Waals surface area (Å²) in [5.74, 6) is 0. The molecule has 0 amide bonds. The van der Waals surface area contributed by atoms with Gasteiger partial charge in [0.2, 0.25) is 0 Å². The maximum Gasteiger partial charge on any atom is 0.138 e. The van der Waals surface area contributed by atoms with Crippen LogP contribution < -0.4 is 5.32 Å². The van der Waals surface area contributed by atoms with E-state index in [-0.39, 0.29) is 5.41 Å². The molecule has 0 radical (unpaired) electrons. The second-order valence-corrected chi connectivity index (χ2v) is 12.0. The van der Waals surface area contributed by atoms with E-state index >= 15 is 0 Å². The third kappa shape index (κ3) is 4.97. The first kappa shape index (κ1) is 25.9. The summed E-state index contributed by atoms with van der Waals surface area (Å²) in [5, 5.41) is 6.02. The standard InChI is InChI=1S/C40H33NO/c1-40(2,3)32-20-18-29(19-21-32)36-25-34(26-38-39(36)35-16-10-11-17-37(35)42-38)41-33-23-30(27-12-6-4-7-13-27)22-31(24-33)28-14-8-5-9-15-28/h4-26,41H,1-3H3. The largest absolute Gasteiger partial charge is 0.456 e. The maximum atomic E-state index is 6.42. The van der Waals surface area contributed by atoms with Crippen molar-refractivity contribution >= 4 is 33.3 Å². The fraction of sp³-hybridized carbons (Fsp3) is 0.100. The molecule has 0 saturated carbocycles. The van der Waals surface area contributed by atoms with E-state index in [9.17, 15) is 0 Å². The van der Waals surface area contributed by atoms with E-state index < -0.39 is 0 Å². The Kier molecular flexibility index (Phi) is 6.40. The second kappa shape index (κ2) is 10.4. The van der Waals surface area contributed by atoms with Crippen molar-refractivity contribution in [2.75, 3.05) is 5.32 Å². The van der Waals surface area contributed by atoms with Crippen molar-refractivity contribution in [1.29, 1.82) is 0 Å². The monoisotopic (exact) mass is 543 g/mol. The number of hydrogen-bond acceptors (Lipinski definition) is 2. The van der Waals surface area contributed by atoms with Crippen molar-refractivity contribution in [2.45, 2.75) is 26.2 Å². The fourth-order valence-corrected chi connectivity index (χ4v) is 5.77. The molecule has 7 rings (SSSR count). The van der Waals surface area contributed by atoms with Crippen LogP contribution in [0.1, 0.15) is 26.3 Å². The molecule has 0 aliphatic rings. The summed E-state index contributed by atoms with van der Waals surface area (Å²) >= 11 is 0. The number of benzene rings is 6. The molecule has 0 unspecified atom stereocenters. The minimum absolute atomic E-state index is 0.0970. The van der Waals surface area contributed by atoms with Crippen molar-refractivity contribution in [1.82, 2.24) is 0 Å². The lowest BCUT2D eigenvalue weighted by atomic mass is 9.86. The SMILES string of the molecule is CC(C)(C)c1ccc(-c2cc(Nc3cc(-c4ccccc4)cc(-c4ccccc4)c3)cc3oc4ccccc4c23)cc1. The van der Waals surface area contributed by atoms with Crippen LogP contribution in [-0.4, -0.2) is 0 Å². The first-order valence-corrected chi connectivity index (χ1v) is 14.5. The highest BCUT2D eigenvalue weighted by Gasteiger charge is 2.17. The van der Waals surface area contributed by atoms with Crippen LogP contribution in [0.15, 0.2) is 144 Å². The van der Waals surface area contributed by atoms with Crippen molar-refractivity contribution < 1.29 is 4.42 Å². The molecule has 0 spiro atoms. The third-order valence-corrected chi connectivity index (χ3v) is 7.98. The van der Waals surface area contributed by atoms with Crippen LogP contribution in [0.4, 0.5) is 11.4 Å². The molecule has 0 saturated heterocycles. The molecule has 0 atom stereocenters. The number of anilines is 2. The van der Waals surface area contributed by atoms with Gasteiger partial charge in [-0.3, -0.25) is 0 Å². The molecule has 1 aromatic heterocycles. The molecule has 1 N–H and O–H groups in total. The Morgan fingerprint density at radius 3 is 1.67 bits per heavy atom. The number of nitrogens with one attached hydrogen (secondary N) is 1. The summed E-state index contributed by atoms with van der Waals surface area (Å²) in [6.45, 7) is 6.75. The number of furan rings is 1. The van der Waals surface area contributed by atoms with Crippen LogP contribution >= 0.6 is 0 Å². The molecule has 204 valence electrons. The van der Waals surface area contributed by atoms with Gasteiger partial charge in [0.1, 0.15) is 11.2 Å². The summed E-state index contributed by atoms with van der Waals surface area (Å²) < 4.78 is 6.42. The zero-order valence-electron chi connectivity index (χ0n) is 24.2. The van der Waals surface area contributed by atoms with E-state index in [1.54, 1.807) is 0 Å². The molecule has 1 heterocycles. The smallest absolute Gasteiger partial charge is 0.138 e. The third-order valence-electron chi connectivity index (χ3n) is 7.98.